The maximum atomic E-state index is 12.2. The minimum Gasteiger partial charge on any atom is -0.496 e. The van der Waals surface area contributed by atoms with Crippen LogP contribution in [0.3, 0.4) is 0 Å². The van der Waals surface area contributed by atoms with Crippen LogP contribution in [0.4, 0.5) is 0 Å². The number of fused-ring (bicyclic) bond motifs is 1. The van der Waals surface area contributed by atoms with Gasteiger partial charge in [0.1, 0.15) is 11.8 Å². The monoisotopic (exact) mass is 363 g/mol. The average molecular weight is 364 g/mol. The number of hydrogen-bond acceptors (Lipinski definition) is 4. The number of benzene rings is 2. The minimum absolute atomic E-state index is 0.381. The van der Waals surface area contributed by atoms with Crippen LogP contribution in [-0.2, 0) is 22.7 Å². The predicted molar refractivity (Wildman–Crippen MR) is 92.5 cm³/mol. The van der Waals surface area contributed by atoms with Crippen molar-refractivity contribution in [3.8, 4) is 5.75 Å². The number of nitrogens with zero attached hydrogens (tertiary/aromatic N) is 1. The number of carbonyl (C=O) groups excluding carboxylic acids is 2. The summed E-state index contributed by atoms with van der Waals surface area (Å²) in [7, 11) is 1.55. The van der Waals surface area contributed by atoms with E-state index in [-0.39, 0.29) is 0 Å². The van der Waals surface area contributed by atoms with Crippen molar-refractivity contribution in [1.29, 1.82) is 0 Å². The fourth-order valence-corrected chi connectivity index (χ4v) is 3.44. The summed E-state index contributed by atoms with van der Waals surface area (Å²) in [6.07, 6.45) is 0.381. The maximum absolute atomic E-state index is 12.2. The summed E-state index contributed by atoms with van der Waals surface area (Å²) in [5, 5.41) is 0.824. The minimum atomic E-state index is -0.585. The summed E-state index contributed by atoms with van der Waals surface area (Å²) in [6.45, 7) is 0.989. The SMILES string of the molecule is COc1cc(Cl)c(Cl)cc1CN1Cc2ccccc2C1C(=O)C=O. The van der Waals surface area contributed by atoms with Gasteiger partial charge in [-0.15, -0.1) is 0 Å². The van der Waals surface area contributed by atoms with Crippen LogP contribution in [0.2, 0.25) is 10.0 Å². The first-order valence-corrected chi connectivity index (χ1v) is 8.13. The van der Waals surface area contributed by atoms with Crippen LogP contribution < -0.4 is 4.74 Å². The lowest BCUT2D eigenvalue weighted by Crippen LogP contribution is -2.28. The molecule has 1 aliphatic rings. The van der Waals surface area contributed by atoms with Gasteiger partial charge < -0.3 is 4.74 Å². The smallest absolute Gasteiger partial charge is 0.216 e. The van der Waals surface area contributed by atoms with Crippen LogP contribution in [0.5, 0.6) is 5.75 Å². The first kappa shape index (κ1) is 17.0. The van der Waals surface area contributed by atoms with Crippen LogP contribution >= 0.6 is 23.2 Å². The van der Waals surface area contributed by atoms with E-state index in [1.54, 1.807) is 19.2 Å². The Morgan fingerprint density at radius 2 is 2.00 bits per heavy atom. The number of Topliss-reactive ketones (excluding diaryl/α,β-unsaturated/α-hetero) is 1. The Balaban J connectivity index is 1.97. The van der Waals surface area contributed by atoms with Crippen molar-refractivity contribution in [1.82, 2.24) is 4.90 Å². The molecule has 0 saturated carbocycles. The third kappa shape index (κ3) is 3.05. The standard InChI is InChI=1S/C18H15Cl2NO3/c1-24-17-7-15(20)14(19)6-12(17)9-21-8-11-4-2-3-5-13(11)18(21)16(23)10-22/h2-7,10,18H,8-9H2,1H3. The van der Waals surface area contributed by atoms with Gasteiger partial charge in [0.05, 0.1) is 17.2 Å². The molecule has 124 valence electrons. The van der Waals surface area contributed by atoms with Crippen molar-refractivity contribution in [3.63, 3.8) is 0 Å². The Kier molecular flexibility index (Phi) is 4.90. The molecule has 2 aromatic carbocycles. The summed E-state index contributed by atoms with van der Waals surface area (Å²) in [5.74, 6) is 0.136. The molecular weight excluding hydrogens is 349 g/mol. The molecule has 0 aliphatic carbocycles. The van der Waals surface area contributed by atoms with Gasteiger partial charge in [0, 0.05) is 24.7 Å². The molecule has 1 heterocycles. The Hall–Kier alpha value is -1.88. The zero-order chi connectivity index (χ0) is 17.3. The molecule has 0 N–H and O–H groups in total. The molecule has 1 unspecified atom stereocenters. The zero-order valence-electron chi connectivity index (χ0n) is 13.0. The molecule has 24 heavy (non-hydrogen) atoms. The number of aldehydes is 1. The Labute approximate surface area is 149 Å². The second-order valence-corrected chi connectivity index (χ2v) is 6.42. The lowest BCUT2D eigenvalue weighted by atomic mass is 10.0. The van der Waals surface area contributed by atoms with Crippen molar-refractivity contribution in [2.45, 2.75) is 19.1 Å². The van der Waals surface area contributed by atoms with Gasteiger partial charge in [-0.1, -0.05) is 47.5 Å². The van der Waals surface area contributed by atoms with Gasteiger partial charge in [-0.3, -0.25) is 14.5 Å². The predicted octanol–water partition coefficient (Wildman–Crippen LogP) is 3.83. The summed E-state index contributed by atoms with van der Waals surface area (Å²) in [5.41, 5.74) is 2.72. The largest absolute Gasteiger partial charge is 0.496 e. The normalized spacial score (nSPS) is 16.7. The molecule has 0 fully saturated rings. The van der Waals surface area contributed by atoms with Gasteiger partial charge in [-0.2, -0.15) is 0 Å². The van der Waals surface area contributed by atoms with Crippen LogP contribution in [-0.4, -0.2) is 24.1 Å². The third-order valence-corrected chi connectivity index (χ3v) is 4.89. The second kappa shape index (κ2) is 6.93. The van der Waals surface area contributed by atoms with Crippen LogP contribution in [0, 0.1) is 0 Å². The van der Waals surface area contributed by atoms with E-state index in [9.17, 15) is 9.59 Å². The van der Waals surface area contributed by atoms with E-state index in [2.05, 4.69) is 0 Å². The highest BCUT2D eigenvalue weighted by atomic mass is 35.5. The number of methoxy groups -OCH3 is 1. The van der Waals surface area contributed by atoms with Gasteiger partial charge in [-0.05, 0) is 17.2 Å². The molecule has 0 spiro atoms. The maximum Gasteiger partial charge on any atom is 0.216 e. The summed E-state index contributed by atoms with van der Waals surface area (Å²) in [4.78, 5) is 25.2. The highest BCUT2D eigenvalue weighted by Gasteiger charge is 2.35. The number of ether oxygens (including phenoxy) is 1. The fourth-order valence-electron chi connectivity index (χ4n) is 3.10. The van der Waals surface area contributed by atoms with Crippen LogP contribution in [0.25, 0.3) is 0 Å². The molecular formula is C18H15Cl2NO3. The van der Waals surface area contributed by atoms with Gasteiger partial charge in [0.15, 0.2) is 6.29 Å². The van der Waals surface area contributed by atoms with E-state index in [4.69, 9.17) is 27.9 Å². The van der Waals surface area contributed by atoms with Gasteiger partial charge in [0.2, 0.25) is 5.78 Å². The van der Waals surface area contributed by atoms with E-state index in [1.165, 1.54) is 0 Å². The Bertz CT molecular complexity index is 807. The molecule has 1 aliphatic heterocycles. The number of carbonyl (C=O) groups is 2. The van der Waals surface area contributed by atoms with E-state index >= 15 is 0 Å². The molecule has 0 saturated heterocycles. The summed E-state index contributed by atoms with van der Waals surface area (Å²) < 4.78 is 5.37. The summed E-state index contributed by atoms with van der Waals surface area (Å²) in [6, 6.07) is 10.4. The van der Waals surface area contributed by atoms with Gasteiger partial charge in [0.25, 0.3) is 0 Å². The first-order valence-electron chi connectivity index (χ1n) is 7.38. The molecule has 1 atom stereocenters. The molecule has 3 rings (SSSR count). The molecule has 0 aromatic heterocycles. The van der Waals surface area contributed by atoms with Crippen molar-refractivity contribution >= 4 is 35.3 Å². The van der Waals surface area contributed by atoms with Crippen LogP contribution in [0.1, 0.15) is 22.7 Å². The quantitative estimate of drug-likeness (QED) is 0.598. The highest BCUT2D eigenvalue weighted by molar-refractivity contribution is 6.42. The topological polar surface area (TPSA) is 46.6 Å². The van der Waals surface area contributed by atoms with Crippen LogP contribution in [0.15, 0.2) is 36.4 Å². The van der Waals surface area contributed by atoms with Gasteiger partial charge in [-0.25, -0.2) is 0 Å². The summed E-state index contributed by atoms with van der Waals surface area (Å²) >= 11 is 12.1. The molecule has 0 radical (unpaired) electrons. The molecule has 6 heteroatoms. The number of rotatable bonds is 5. The van der Waals surface area contributed by atoms with E-state index in [0.717, 1.165) is 16.7 Å². The highest BCUT2D eigenvalue weighted by Crippen LogP contribution is 2.38. The number of halogens is 2. The Morgan fingerprint density at radius 3 is 2.71 bits per heavy atom. The second-order valence-electron chi connectivity index (χ2n) is 5.60. The van der Waals surface area contributed by atoms with E-state index < -0.39 is 11.8 Å². The Morgan fingerprint density at radius 1 is 1.29 bits per heavy atom. The van der Waals surface area contributed by atoms with E-state index in [0.29, 0.717) is 35.2 Å². The first-order chi connectivity index (χ1) is 11.5. The fraction of sp³-hybridized carbons (Fsp3) is 0.222. The lowest BCUT2D eigenvalue weighted by molar-refractivity contribution is -0.133. The van der Waals surface area contributed by atoms with E-state index in [1.807, 2.05) is 29.2 Å². The molecule has 0 bridgehead atoms. The van der Waals surface area contributed by atoms with Crippen molar-refractivity contribution in [3.05, 3.63) is 63.1 Å². The third-order valence-electron chi connectivity index (χ3n) is 4.17. The van der Waals surface area contributed by atoms with Crippen molar-refractivity contribution < 1.29 is 14.3 Å². The molecule has 4 nitrogen and oxygen atoms in total. The van der Waals surface area contributed by atoms with Crippen molar-refractivity contribution in [2.75, 3.05) is 7.11 Å². The molecule has 2 aromatic rings. The van der Waals surface area contributed by atoms with Gasteiger partial charge >= 0.3 is 0 Å². The van der Waals surface area contributed by atoms with Crippen molar-refractivity contribution in [2.24, 2.45) is 0 Å². The number of hydrogen-bond donors (Lipinski definition) is 0. The lowest BCUT2D eigenvalue weighted by Gasteiger charge is -2.23. The molecule has 0 amide bonds. The zero-order valence-corrected chi connectivity index (χ0v) is 14.5. The number of ketones is 1. The average Bonchev–Trinajstić information content (AvgIpc) is 2.95.